The summed E-state index contributed by atoms with van der Waals surface area (Å²) in [6.45, 7) is 0.297. The second-order valence-electron chi connectivity index (χ2n) is 4.87. The lowest BCUT2D eigenvalue weighted by Gasteiger charge is -2.12. The molecule has 9 nitrogen and oxygen atoms in total. The number of unbranched alkanes of at least 4 members (excludes halogenated alkanes) is 2. The fourth-order valence-electron chi connectivity index (χ4n) is 1.80. The lowest BCUT2D eigenvalue weighted by atomic mass is 10.2. The lowest BCUT2D eigenvalue weighted by molar-refractivity contribution is -0.158. The van der Waals surface area contributed by atoms with Crippen molar-refractivity contribution in [3.8, 4) is 0 Å². The van der Waals surface area contributed by atoms with E-state index in [9.17, 15) is 24.0 Å². The summed E-state index contributed by atoms with van der Waals surface area (Å²) in [5.74, 6) is -3.10. The molecule has 0 fully saturated rings. The van der Waals surface area contributed by atoms with Gasteiger partial charge in [0.2, 0.25) is 0 Å². The van der Waals surface area contributed by atoms with Gasteiger partial charge < -0.3 is 9.94 Å². The molecule has 9 heteroatoms. The molecule has 3 amide bonds. The summed E-state index contributed by atoms with van der Waals surface area (Å²) in [5.41, 5.74) is 1.88. The van der Waals surface area contributed by atoms with E-state index in [2.05, 4.69) is 4.84 Å². The number of carbonyl (C=O) groups excluding carboxylic acids is 4. The average Bonchev–Trinajstić information content (AvgIpc) is 2.82. The van der Waals surface area contributed by atoms with Crippen LogP contribution in [-0.4, -0.2) is 46.2 Å². The van der Waals surface area contributed by atoms with Gasteiger partial charge in [0.05, 0.1) is 6.42 Å². The van der Waals surface area contributed by atoms with E-state index in [-0.39, 0.29) is 31.1 Å². The molecule has 0 atom stereocenters. The molecule has 1 rings (SSSR count). The number of hydroxylamine groups is 1. The first-order chi connectivity index (χ1) is 10.9. The van der Waals surface area contributed by atoms with Crippen LogP contribution in [0.5, 0.6) is 0 Å². The minimum atomic E-state index is -1.11. The zero-order chi connectivity index (χ0) is 17.2. The first-order valence-electron chi connectivity index (χ1n) is 7.14. The Hall–Kier alpha value is -2.71. The van der Waals surface area contributed by atoms with Crippen LogP contribution in [-0.2, 0) is 28.8 Å². The Kier molecular flexibility index (Phi) is 7.44. The summed E-state index contributed by atoms with van der Waals surface area (Å²) in [6, 6.07) is 0. The van der Waals surface area contributed by atoms with E-state index in [0.717, 1.165) is 4.90 Å². The van der Waals surface area contributed by atoms with E-state index >= 15 is 0 Å². The molecule has 23 heavy (non-hydrogen) atoms. The summed E-state index contributed by atoms with van der Waals surface area (Å²) in [7, 11) is 0. The fourth-order valence-corrected chi connectivity index (χ4v) is 1.80. The molecule has 0 bridgehead atoms. The van der Waals surface area contributed by atoms with Crippen LogP contribution < -0.4 is 5.48 Å². The number of hydrogen-bond donors (Lipinski definition) is 2. The number of rotatable bonds is 9. The van der Waals surface area contributed by atoms with Crippen LogP contribution in [0.4, 0.5) is 0 Å². The molecule has 0 aliphatic carbocycles. The number of carboxylic acid groups (broad SMARTS) is 1. The van der Waals surface area contributed by atoms with Crippen LogP contribution in [0.2, 0.25) is 0 Å². The first-order valence-corrected chi connectivity index (χ1v) is 7.14. The number of carboxylic acids is 1. The van der Waals surface area contributed by atoms with Gasteiger partial charge >= 0.3 is 11.9 Å². The normalized spacial score (nSPS) is 13.3. The monoisotopic (exact) mass is 326 g/mol. The van der Waals surface area contributed by atoms with Gasteiger partial charge in [-0.15, -0.1) is 0 Å². The highest BCUT2D eigenvalue weighted by molar-refractivity contribution is 6.12. The number of nitrogens with one attached hydrogen (secondary N) is 1. The van der Waals surface area contributed by atoms with E-state index in [1.54, 1.807) is 0 Å². The van der Waals surface area contributed by atoms with Crippen molar-refractivity contribution in [2.45, 2.75) is 38.5 Å². The van der Waals surface area contributed by atoms with Gasteiger partial charge in [0, 0.05) is 31.5 Å². The number of amides is 3. The minimum absolute atomic E-state index is 0.0688. The topological polar surface area (TPSA) is 130 Å². The van der Waals surface area contributed by atoms with Crippen molar-refractivity contribution in [3.63, 3.8) is 0 Å². The lowest BCUT2D eigenvalue weighted by Crippen LogP contribution is -2.30. The molecule has 1 aliphatic heterocycles. The summed E-state index contributed by atoms with van der Waals surface area (Å²) in [5, 5.41) is 8.38. The predicted molar refractivity (Wildman–Crippen MR) is 75.4 cm³/mol. The number of imide groups is 1. The molecule has 0 aromatic rings. The second-order valence-corrected chi connectivity index (χ2v) is 4.87. The third-order valence-electron chi connectivity index (χ3n) is 3.01. The molecule has 1 aliphatic rings. The number of nitrogens with zero attached hydrogens (tertiary/aromatic N) is 1. The van der Waals surface area contributed by atoms with Crippen LogP contribution in [0.3, 0.4) is 0 Å². The van der Waals surface area contributed by atoms with Gasteiger partial charge in [-0.2, -0.15) is 5.48 Å². The third kappa shape index (κ3) is 7.21. The molecule has 0 aromatic heterocycles. The maximum absolute atomic E-state index is 11.3. The SMILES string of the molecule is O=C(O)CCC(=O)NOC(=O)CCCCCN1C(=O)C=CC1=O. The quantitative estimate of drug-likeness (QED) is 0.344. The van der Waals surface area contributed by atoms with Crippen molar-refractivity contribution in [1.29, 1.82) is 0 Å². The largest absolute Gasteiger partial charge is 0.481 e. The predicted octanol–water partition coefficient (Wildman–Crippen LogP) is -0.0890. The van der Waals surface area contributed by atoms with Crippen molar-refractivity contribution >= 4 is 29.7 Å². The summed E-state index contributed by atoms with van der Waals surface area (Å²) in [4.78, 5) is 60.8. The fraction of sp³-hybridized carbons (Fsp3) is 0.500. The molecule has 0 radical (unpaired) electrons. The van der Waals surface area contributed by atoms with Crippen molar-refractivity contribution < 1.29 is 33.9 Å². The smallest absolute Gasteiger partial charge is 0.332 e. The number of carbonyl (C=O) groups is 5. The standard InChI is InChI=1S/C14H18N2O7/c17-10(5-8-13(20)21)15-23-14(22)4-2-1-3-9-16-11(18)6-7-12(16)19/h6-7H,1-5,8-9H2,(H,15,17)(H,20,21). The van der Waals surface area contributed by atoms with Gasteiger partial charge in [0.1, 0.15) is 0 Å². The van der Waals surface area contributed by atoms with Crippen molar-refractivity contribution in [3.05, 3.63) is 12.2 Å². The van der Waals surface area contributed by atoms with Crippen molar-refractivity contribution in [2.24, 2.45) is 0 Å². The van der Waals surface area contributed by atoms with Crippen LogP contribution >= 0.6 is 0 Å². The van der Waals surface area contributed by atoms with Crippen molar-refractivity contribution in [2.75, 3.05) is 6.54 Å². The Bertz CT molecular complexity index is 509. The number of aliphatic carboxylic acids is 1. The molecule has 1 heterocycles. The van der Waals surface area contributed by atoms with Gasteiger partial charge in [-0.1, -0.05) is 6.42 Å². The highest BCUT2D eigenvalue weighted by atomic mass is 16.7. The zero-order valence-electron chi connectivity index (χ0n) is 12.4. The van der Waals surface area contributed by atoms with Crippen LogP contribution in [0.25, 0.3) is 0 Å². The summed E-state index contributed by atoms with van der Waals surface area (Å²) in [6.07, 6.45) is 3.55. The Balaban J connectivity index is 2.04. The highest BCUT2D eigenvalue weighted by Crippen LogP contribution is 2.07. The van der Waals surface area contributed by atoms with Crippen molar-refractivity contribution in [1.82, 2.24) is 10.4 Å². The molecule has 0 unspecified atom stereocenters. The van der Waals surface area contributed by atoms with Crippen LogP contribution in [0.1, 0.15) is 38.5 Å². The molecular formula is C14H18N2O7. The first kappa shape index (κ1) is 18.3. The Morgan fingerprint density at radius 3 is 2.26 bits per heavy atom. The minimum Gasteiger partial charge on any atom is -0.481 e. The molecule has 2 N–H and O–H groups in total. The third-order valence-corrected chi connectivity index (χ3v) is 3.01. The van der Waals surface area contributed by atoms with Crippen LogP contribution in [0.15, 0.2) is 12.2 Å². The zero-order valence-corrected chi connectivity index (χ0v) is 12.4. The molecule has 0 saturated carbocycles. The van der Waals surface area contributed by atoms with Gasteiger partial charge in [0.25, 0.3) is 17.7 Å². The Labute approximate surface area is 132 Å². The summed E-state index contributed by atoms with van der Waals surface area (Å²) >= 11 is 0. The van der Waals surface area contributed by atoms with Gasteiger partial charge in [0.15, 0.2) is 0 Å². The van der Waals surface area contributed by atoms with Gasteiger partial charge in [-0.25, -0.2) is 4.79 Å². The van der Waals surface area contributed by atoms with E-state index in [1.807, 2.05) is 5.48 Å². The maximum atomic E-state index is 11.3. The average molecular weight is 326 g/mol. The molecule has 0 spiro atoms. The number of hydrogen-bond acceptors (Lipinski definition) is 6. The van der Waals surface area contributed by atoms with E-state index in [0.29, 0.717) is 25.8 Å². The van der Waals surface area contributed by atoms with Gasteiger partial charge in [-0.05, 0) is 12.8 Å². The molecule has 0 aromatic carbocycles. The Morgan fingerprint density at radius 1 is 1.00 bits per heavy atom. The highest BCUT2D eigenvalue weighted by Gasteiger charge is 2.22. The second kappa shape index (κ2) is 9.34. The van der Waals surface area contributed by atoms with E-state index in [1.165, 1.54) is 12.2 Å². The summed E-state index contributed by atoms with van der Waals surface area (Å²) < 4.78 is 0. The van der Waals surface area contributed by atoms with Gasteiger partial charge in [-0.3, -0.25) is 24.1 Å². The van der Waals surface area contributed by atoms with E-state index in [4.69, 9.17) is 5.11 Å². The molecular weight excluding hydrogens is 308 g/mol. The molecule has 0 saturated heterocycles. The maximum Gasteiger partial charge on any atom is 0.332 e. The molecule has 126 valence electrons. The Morgan fingerprint density at radius 2 is 1.65 bits per heavy atom. The van der Waals surface area contributed by atoms with E-state index < -0.39 is 17.8 Å². The van der Waals surface area contributed by atoms with Crippen LogP contribution in [0, 0.1) is 0 Å².